The minimum absolute atomic E-state index is 0.342. The Kier molecular flexibility index (Phi) is 3.45. The Labute approximate surface area is 121 Å². The maximum absolute atomic E-state index is 6.03. The highest BCUT2D eigenvalue weighted by Gasteiger charge is 2.17. The van der Waals surface area contributed by atoms with Gasteiger partial charge in [-0.1, -0.05) is 5.16 Å². The topological polar surface area (TPSA) is 93.6 Å². The highest BCUT2D eigenvalue weighted by atomic mass is 79.9. The predicted molar refractivity (Wildman–Crippen MR) is 74.5 cm³/mol. The molecule has 0 aliphatic rings. The lowest BCUT2D eigenvalue weighted by molar-refractivity contribution is 0.354. The monoisotopic (exact) mass is 339 g/mol. The van der Waals surface area contributed by atoms with E-state index in [1.54, 1.807) is 23.9 Å². The summed E-state index contributed by atoms with van der Waals surface area (Å²) in [6.07, 6.45) is 3.92. The molecule has 3 heterocycles. The number of nitrogens with zero attached hydrogens (tertiary/aromatic N) is 3. The number of nitrogens with two attached hydrogens (primary N) is 1. The maximum atomic E-state index is 6.03. The zero-order valence-electron chi connectivity index (χ0n) is 9.71. The molecule has 0 aromatic carbocycles. The van der Waals surface area contributed by atoms with E-state index in [0.29, 0.717) is 18.1 Å². The molecule has 0 bridgehead atoms. The quantitative estimate of drug-likeness (QED) is 0.761. The molecule has 0 spiro atoms. The van der Waals surface area contributed by atoms with Crippen molar-refractivity contribution >= 4 is 27.3 Å². The smallest absolute Gasteiger partial charge is 0.244 e. The third kappa shape index (κ3) is 2.75. The first-order valence-electron chi connectivity index (χ1n) is 5.53. The molecule has 0 aliphatic carbocycles. The van der Waals surface area contributed by atoms with Crippen LogP contribution in [0.4, 0.5) is 0 Å². The van der Waals surface area contributed by atoms with E-state index < -0.39 is 0 Å². The van der Waals surface area contributed by atoms with Crippen molar-refractivity contribution in [1.29, 1.82) is 0 Å². The summed E-state index contributed by atoms with van der Waals surface area (Å²) in [7, 11) is 0. The van der Waals surface area contributed by atoms with Crippen LogP contribution < -0.4 is 5.73 Å². The summed E-state index contributed by atoms with van der Waals surface area (Å²) in [4.78, 5) is 12.2. The van der Waals surface area contributed by atoms with Gasteiger partial charge in [0.25, 0.3) is 0 Å². The second-order valence-corrected chi connectivity index (χ2v) is 5.80. The lowest BCUT2D eigenvalue weighted by Crippen LogP contribution is -2.13. The van der Waals surface area contributed by atoms with Gasteiger partial charge in [-0.15, -0.1) is 11.3 Å². The molecule has 98 valence electrons. The highest BCUT2D eigenvalue weighted by molar-refractivity contribution is 9.10. The molecule has 19 heavy (non-hydrogen) atoms. The largest absolute Gasteiger partial charge is 0.348 e. The van der Waals surface area contributed by atoms with Crippen LogP contribution >= 0.6 is 27.3 Å². The Balaban J connectivity index is 1.77. The average molecular weight is 340 g/mol. The van der Waals surface area contributed by atoms with Crippen molar-refractivity contribution in [1.82, 2.24) is 20.1 Å². The molecule has 8 heteroatoms. The molecule has 6 nitrogen and oxygen atoms in total. The number of rotatable bonds is 4. The molecule has 0 unspecified atom stereocenters. The second kappa shape index (κ2) is 5.24. The van der Waals surface area contributed by atoms with Crippen molar-refractivity contribution in [3.05, 3.63) is 40.0 Å². The molecule has 3 rings (SSSR count). The van der Waals surface area contributed by atoms with E-state index in [0.717, 1.165) is 15.0 Å². The zero-order chi connectivity index (χ0) is 13.2. The summed E-state index contributed by atoms with van der Waals surface area (Å²) in [6.45, 7) is 0. The molecule has 0 aliphatic heterocycles. The minimum atomic E-state index is -0.342. The third-order valence-corrected chi connectivity index (χ3v) is 4.23. The Morgan fingerprint density at radius 3 is 3.11 bits per heavy atom. The number of aromatic nitrogens is 4. The summed E-state index contributed by atoms with van der Waals surface area (Å²) in [5.74, 6) is 0.986. The molecule has 3 N–H and O–H groups in total. The van der Waals surface area contributed by atoms with Gasteiger partial charge in [-0.2, -0.15) is 4.98 Å². The van der Waals surface area contributed by atoms with E-state index in [-0.39, 0.29) is 6.04 Å². The summed E-state index contributed by atoms with van der Waals surface area (Å²) < 4.78 is 6.21. The number of aromatic amines is 1. The fourth-order valence-electron chi connectivity index (χ4n) is 1.64. The molecule has 1 atom stereocenters. The number of thiophene rings is 1. The second-order valence-electron chi connectivity index (χ2n) is 3.97. The Bertz CT molecular complexity index is 662. The summed E-state index contributed by atoms with van der Waals surface area (Å²) in [6, 6.07) is 1.60. The highest BCUT2D eigenvalue weighted by Crippen LogP contribution is 2.28. The molecular weight excluding hydrogens is 330 g/mol. The van der Waals surface area contributed by atoms with Crippen molar-refractivity contribution in [3.8, 4) is 10.7 Å². The van der Waals surface area contributed by atoms with Crippen molar-refractivity contribution in [2.45, 2.75) is 12.5 Å². The molecule has 0 saturated heterocycles. The first-order chi connectivity index (χ1) is 9.22. The lowest BCUT2D eigenvalue weighted by atomic mass is 10.2. The maximum Gasteiger partial charge on any atom is 0.244 e. The van der Waals surface area contributed by atoms with Gasteiger partial charge in [-0.05, 0) is 22.0 Å². The average Bonchev–Trinajstić information content (AvgIpc) is 3.07. The summed E-state index contributed by atoms with van der Waals surface area (Å²) in [5.41, 5.74) is 6.97. The number of hydrogen-bond donors (Lipinski definition) is 2. The van der Waals surface area contributed by atoms with Gasteiger partial charge in [0.15, 0.2) is 0 Å². The predicted octanol–water partition coefficient (Wildman–Crippen LogP) is 2.53. The van der Waals surface area contributed by atoms with E-state index in [4.69, 9.17) is 10.3 Å². The van der Waals surface area contributed by atoms with Gasteiger partial charge in [-0.25, -0.2) is 4.98 Å². The molecule has 0 saturated carbocycles. The first kappa shape index (κ1) is 12.5. The fourth-order valence-corrected chi connectivity index (χ4v) is 2.99. The van der Waals surface area contributed by atoms with Gasteiger partial charge >= 0.3 is 0 Å². The number of imidazole rings is 1. The Morgan fingerprint density at radius 1 is 1.53 bits per heavy atom. The van der Waals surface area contributed by atoms with Crippen molar-refractivity contribution in [2.24, 2.45) is 5.73 Å². The molecule has 0 radical (unpaired) electrons. The van der Waals surface area contributed by atoms with Gasteiger partial charge < -0.3 is 15.2 Å². The van der Waals surface area contributed by atoms with Crippen LogP contribution in [0.2, 0.25) is 0 Å². The van der Waals surface area contributed by atoms with Crippen LogP contribution in [-0.4, -0.2) is 20.1 Å². The van der Waals surface area contributed by atoms with Crippen LogP contribution in [0.15, 0.2) is 33.0 Å². The van der Waals surface area contributed by atoms with Gasteiger partial charge in [0.1, 0.15) is 0 Å². The Morgan fingerprint density at radius 2 is 2.42 bits per heavy atom. The SMILES string of the molecule is N[C@H](Cc1cnc[nH]1)c1nc(-c2cc(Br)cs2)no1. The molecule has 3 aromatic heterocycles. The van der Waals surface area contributed by atoms with E-state index in [1.165, 1.54) is 0 Å². The molecule has 0 amide bonds. The zero-order valence-corrected chi connectivity index (χ0v) is 12.1. The van der Waals surface area contributed by atoms with Crippen molar-refractivity contribution in [2.75, 3.05) is 0 Å². The molecule has 0 fully saturated rings. The van der Waals surface area contributed by atoms with E-state index in [9.17, 15) is 0 Å². The minimum Gasteiger partial charge on any atom is -0.348 e. The molecule has 3 aromatic rings. The number of hydrogen-bond acceptors (Lipinski definition) is 6. The lowest BCUT2D eigenvalue weighted by Gasteiger charge is -2.03. The van der Waals surface area contributed by atoms with Crippen LogP contribution in [0, 0.1) is 0 Å². The van der Waals surface area contributed by atoms with Gasteiger partial charge in [0.2, 0.25) is 11.7 Å². The van der Waals surface area contributed by atoms with E-state index in [1.807, 2.05) is 11.4 Å². The van der Waals surface area contributed by atoms with Crippen LogP contribution in [0.5, 0.6) is 0 Å². The van der Waals surface area contributed by atoms with Crippen molar-refractivity contribution < 1.29 is 4.52 Å². The van der Waals surface area contributed by atoms with E-state index >= 15 is 0 Å². The fraction of sp³-hybridized carbons (Fsp3) is 0.182. The van der Waals surface area contributed by atoms with Crippen molar-refractivity contribution in [3.63, 3.8) is 0 Å². The molecular formula is C11H10BrN5OS. The normalized spacial score (nSPS) is 12.7. The van der Waals surface area contributed by atoms with Crippen LogP contribution in [-0.2, 0) is 6.42 Å². The van der Waals surface area contributed by atoms with Gasteiger partial charge in [-0.3, -0.25) is 0 Å². The standard InChI is InChI=1S/C11H10BrN5OS/c12-6-1-9(19-4-6)10-16-11(18-17-10)8(13)2-7-3-14-5-15-7/h1,3-5,8H,2,13H2,(H,14,15)/t8-/m1/s1. The van der Waals surface area contributed by atoms with E-state index in [2.05, 4.69) is 36.0 Å². The number of H-pyrrole nitrogens is 1. The van der Waals surface area contributed by atoms with Crippen LogP contribution in [0.25, 0.3) is 10.7 Å². The van der Waals surface area contributed by atoms with Crippen LogP contribution in [0.1, 0.15) is 17.6 Å². The summed E-state index contributed by atoms with van der Waals surface area (Å²) in [5, 5.41) is 5.92. The Hall–Kier alpha value is -1.51. The van der Waals surface area contributed by atoms with Gasteiger partial charge in [0, 0.05) is 28.2 Å². The summed E-state index contributed by atoms with van der Waals surface area (Å²) >= 11 is 4.94. The first-order valence-corrected chi connectivity index (χ1v) is 7.20. The van der Waals surface area contributed by atoms with Gasteiger partial charge in [0.05, 0.1) is 17.2 Å². The third-order valence-electron chi connectivity index (χ3n) is 2.54. The number of nitrogens with one attached hydrogen (secondary N) is 1. The van der Waals surface area contributed by atoms with Crippen LogP contribution in [0.3, 0.4) is 0 Å². The number of halogens is 1.